The van der Waals surface area contributed by atoms with Crippen LogP contribution in [-0.2, 0) is 12.8 Å². The van der Waals surface area contributed by atoms with Crippen LogP contribution >= 0.6 is 0 Å². The highest BCUT2D eigenvalue weighted by Gasteiger charge is 1.98. The van der Waals surface area contributed by atoms with Gasteiger partial charge in [0.15, 0.2) is 0 Å². The van der Waals surface area contributed by atoms with E-state index in [4.69, 9.17) is 0 Å². The monoisotopic (exact) mass is 261 g/mol. The highest BCUT2D eigenvalue weighted by Crippen LogP contribution is 2.12. The Labute approximate surface area is 119 Å². The van der Waals surface area contributed by atoms with Crippen LogP contribution in [0.15, 0.2) is 24.3 Å². The van der Waals surface area contributed by atoms with Gasteiger partial charge in [-0.3, -0.25) is 0 Å². The average Bonchev–Trinajstić information content (AvgIpc) is 2.39. The number of aryl methyl sites for hydroxylation is 1. The number of nitrogens with one attached hydrogen (secondary N) is 1. The van der Waals surface area contributed by atoms with Crippen LogP contribution in [0.1, 0.15) is 57.6 Å². The van der Waals surface area contributed by atoms with Crippen molar-refractivity contribution < 1.29 is 0 Å². The van der Waals surface area contributed by atoms with Gasteiger partial charge in [0.1, 0.15) is 0 Å². The second-order valence-corrected chi connectivity index (χ2v) is 5.98. The molecular weight excluding hydrogens is 230 g/mol. The van der Waals surface area contributed by atoms with Crippen molar-refractivity contribution in [2.75, 3.05) is 13.1 Å². The molecule has 19 heavy (non-hydrogen) atoms. The fourth-order valence-electron chi connectivity index (χ4n) is 2.37. The normalized spacial score (nSPS) is 11.2. The minimum Gasteiger partial charge on any atom is -0.317 e. The zero-order valence-electron chi connectivity index (χ0n) is 13.0. The summed E-state index contributed by atoms with van der Waals surface area (Å²) in [5, 5.41) is 3.46. The Morgan fingerprint density at radius 2 is 1.58 bits per heavy atom. The van der Waals surface area contributed by atoms with Crippen LogP contribution in [0.3, 0.4) is 0 Å². The molecule has 1 rings (SSSR count). The van der Waals surface area contributed by atoms with E-state index >= 15 is 0 Å². The van der Waals surface area contributed by atoms with Crippen LogP contribution in [0.2, 0.25) is 0 Å². The lowest BCUT2D eigenvalue weighted by atomic mass is 10.00. The van der Waals surface area contributed by atoms with Crippen molar-refractivity contribution in [1.82, 2.24) is 5.32 Å². The highest BCUT2D eigenvalue weighted by molar-refractivity contribution is 5.22. The van der Waals surface area contributed by atoms with E-state index in [-0.39, 0.29) is 0 Å². The third kappa shape index (κ3) is 8.05. The molecule has 0 aromatic heterocycles. The van der Waals surface area contributed by atoms with Crippen LogP contribution in [-0.4, -0.2) is 13.1 Å². The first kappa shape index (κ1) is 16.2. The number of hydrogen-bond donors (Lipinski definition) is 1. The molecule has 0 aliphatic carbocycles. The fraction of sp³-hybridized carbons (Fsp3) is 0.667. The highest BCUT2D eigenvalue weighted by atomic mass is 14.8. The number of hydrogen-bond acceptors (Lipinski definition) is 1. The molecule has 0 atom stereocenters. The first-order chi connectivity index (χ1) is 9.22. The summed E-state index contributed by atoms with van der Waals surface area (Å²) in [4.78, 5) is 0. The van der Waals surface area contributed by atoms with Crippen molar-refractivity contribution in [3.63, 3.8) is 0 Å². The molecule has 0 saturated heterocycles. The molecule has 0 unspecified atom stereocenters. The molecule has 0 amide bonds. The van der Waals surface area contributed by atoms with E-state index < -0.39 is 0 Å². The van der Waals surface area contributed by atoms with Crippen LogP contribution in [0.25, 0.3) is 0 Å². The first-order valence-electron chi connectivity index (χ1n) is 8.01. The number of unbranched alkanes of at least 4 members (excludes halogenated alkanes) is 2. The van der Waals surface area contributed by atoms with Gasteiger partial charge < -0.3 is 5.32 Å². The second-order valence-electron chi connectivity index (χ2n) is 5.98. The molecule has 1 N–H and O–H groups in total. The third-order valence-corrected chi connectivity index (χ3v) is 3.41. The van der Waals surface area contributed by atoms with Crippen LogP contribution < -0.4 is 5.32 Å². The molecule has 0 saturated carbocycles. The summed E-state index contributed by atoms with van der Waals surface area (Å²) in [7, 11) is 0. The first-order valence-corrected chi connectivity index (χ1v) is 8.01. The van der Waals surface area contributed by atoms with Crippen molar-refractivity contribution in [3.8, 4) is 0 Å². The van der Waals surface area contributed by atoms with Gasteiger partial charge in [0.2, 0.25) is 0 Å². The fourth-order valence-corrected chi connectivity index (χ4v) is 2.37. The largest absolute Gasteiger partial charge is 0.317 e. The van der Waals surface area contributed by atoms with E-state index in [0.717, 1.165) is 12.5 Å². The van der Waals surface area contributed by atoms with Gasteiger partial charge in [-0.05, 0) is 62.2 Å². The molecule has 0 spiro atoms. The molecule has 0 aliphatic heterocycles. The summed E-state index contributed by atoms with van der Waals surface area (Å²) < 4.78 is 0. The van der Waals surface area contributed by atoms with Crippen molar-refractivity contribution in [2.24, 2.45) is 5.92 Å². The zero-order valence-corrected chi connectivity index (χ0v) is 13.0. The Hall–Kier alpha value is -0.820. The lowest BCUT2D eigenvalue weighted by Gasteiger charge is -2.07. The van der Waals surface area contributed by atoms with Gasteiger partial charge >= 0.3 is 0 Å². The summed E-state index contributed by atoms with van der Waals surface area (Å²) in [6.45, 7) is 9.12. The van der Waals surface area contributed by atoms with E-state index in [0.29, 0.717) is 0 Å². The third-order valence-electron chi connectivity index (χ3n) is 3.41. The summed E-state index contributed by atoms with van der Waals surface area (Å²) in [6.07, 6.45) is 7.63. The molecule has 1 heteroatoms. The lowest BCUT2D eigenvalue weighted by molar-refractivity contribution is 0.599. The molecule has 1 aromatic carbocycles. The Kier molecular flexibility index (Phi) is 8.57. The van der Waals surface area contributed by atoms with Crippen LogP contribution in [0, 0.1) is 5.92 Å². The van der Waals surface area contributed by atoms with E-state index in [1.807, 2.05) is 0 Å². The predicted octanol–water partition coefficient (Wildman–Crippen LogP) is 4.60. The molecule has 0 heterocycles. The van der Waals surface area contributed by atoms with Gasteiger partial charge in [0.25, 0.3) is 0 Å². The van der Waals surface area contributed by atoms with Crippen molar-refractivity contribution in [3.05, 3.63) is 35.4 Å². The van der Waals surface area contributed by atoms with Gasteiger partial charge in [-0.15, -0.1) is 0 Å². The topological polar surface area (TPSA) is 12.0 Å². The maximum absolute atomic E-state index is 3.46. The Balaban J connectivity index is 2.12. The van der Waals surface area contributed by atoms with Gasteiger partial charge in [-0.25, -0.2) is 0 Å². The molecular formula is C18H31N. The maximum Gasteiger partial charge on any atom is -0.00489 e. The molecule has 108 valence electrons. The van der Waals surface area contributed by atoms with E-state index in [2.05, 4.69) is 50.4 Å². The van der Waals surface area contributed by atoms with Gasteiger partial charge in [-0.1, -0.05) is 51.5 Å². The molecule has 0 bridgehead atoms. The summed E-state index contributed by atoms with van der Waals surface area (Å²) >= 11 is 0. The maximum atomic E-state index is 3.46. The van der Waals surface area contributed by atoms with E-state index in [1.54, 1.807) is 0 Å². The predicted molar refractivity (Wildman–Crippen MR) is 85.7 cm³/mol. The molecule has 1 nitrogen and oxygen atoms in total. The summed E-state index contributed by atoms with van der Waals surface area (Å²) in [5.41, 5.74) is 2.97. The number of benzene rings is 1. The number of rotatable bonds is 10. The minimum absolute atomic E-state index is 0.751. The smallest absolute Gasteiger partial charge is 0.00489 e. The van der Waals surface area contributed by atoms with Gasteiger partial charge in [0.05, 0.1) is 0 Å². The average molecular weight is 261 g/mol. The standard InChI is InChI=1S/C18H31N/c1-4-13-19-14-7-5-6-8-17-9-11-18(12-10-17)15-16(2)3/h9-12,16,19H,4-8,13-15H2,1-3H3. The molecule has 0 fully saturated rings. The van der Waals surface area contributed by atoms with E-state index in [9.17, 15) is 0 Å². The van der Waals surface area contributed by atoms with Crippen LogP contribution in [0.4, 0.5) is 0 Å². The summed E-state index contributed by atoms with van der Waals surface area (Å²) in [6, 6.07) is 9.23. The Morgan fingerprint density at radius 1 is 0.895 bits per heavy atom. The van der Waals surface area contributed by atoms with Gasteiger partial charge in [-0.2, -0.15) is 0 Å². The molecule has 1 aromatic rings. The molecule has 0 radical (unpaired) electrons. The Bertz CT molecular complexity index is 313. The quantitative estimate of drug-likeness (QED) is 0.607. The molecule has 0 aliphatic rings. The van der Waals surface area contributed by atoms with Gasteiger partial charge in [0, 0.05) is 0 Å². The lowest BCUT2D eigenvalue weighted by Crippen LogP contribution is -2.15. The minimum atomic E-state index is 0.751. The van der Waals surface area contributed by atoms with Crippen molar-refractivity contribution in [1.29, 1.82) is 0 Å². The summed E-state index contributed by atoms with van der Waals surface area (Å²) in [5.74, 6) is 0.751. The Morgan fingerprint density at radius 3 is 2.21 bits per heavy atom. The van der Waals surface area contributed by atoms with Crippen LogP contribution in [0.5, 0.6) is 0 Å². The van der Waals surface area contributed by atoms with Crippen molar-refractivity contribution >= 4 is 0 Å². The SMILES string of the molecule is CCCNCCCCCc1ccc(CC(C)C)cc1. The second kappa shape index (κ2) is 10.0. The van der Waals surface area contributed by atoms with E-state index in [1.165, 1.54) is 56.2 Å². The zero-order chi connectivity index (χ0) is 13.9. The van der Waals surface area contributed by atoms with Crippen molar-refractivity contribution in [2.45, 2.75) is 59.3 Å².